The molecule has 1 amide bonds. The van der Waals surface area contributed by atoms with Crippen LogP contribution in [0.5, 0.6) is 11.5 Å². The Balaban J connectivity index is 0.00000208. The number of carbonyl (C=O) groups excluding carboxylic acids is 1. The summed E-state index contributed by atoms with van der Waals surface area (Å²) in [4.78, 5) is 12.1. The molecule has 1 saturated heterocycles. The average Bonchev–Trinajstić information content (AvgIpc) is 3.08. The third kappa shape index (κ3) is 4.73. The Bertz CT molecular complexity index is 685. The van der Waals surface area contributed by atoms with E-state index in [4.69, 9.17) is 4.74 Å². The van der Waals surface area contributed by atoms with Crippen LogP contribution in [-0.4, -0.2) is 19.0 Å². The fourth-order valence-electron chi connectivity index (χ4n) is 2.76. The highest BCUT2D eigenvalue weighted by atomic mass is 35.5. The van der Waals surface area contributed by atoms with Gasteiger partial charge in [-0.3, -0.25) is 4.79 Å². The number of rotatable bonds is 5. The summed E-state index contributed by atoms with van der Waals surface area (Å²) in [5, 5.41) is 6.23. The van der Waals surface area contributed by atoms with E-state index in [1.807, 2.05) is 55.5 Å². The summed E-state index contributed by atoms with van der Waals surface area (Å²) in [5.74, 6) is 1.78. The second-order valence-electron chi connectivity index (χ2n) is 5.93. The molecule has 24 heavy (non-hydrogen) atoms. The van der Waals surface area contributed by atoms with E-state index in [9.17, 15) is 4.79 Å². The summed E-state index contributed by atoms with van der Waals surface area (Å²) < 4.78 is 5.98. The molecule has 0 bridgehead atoms. The molecule has 0 aliphatic carbocycles. The predicted molar refractivity (Wildman–Crippen MR) is 97.8 cm³/mol. The van der Waals surface area contributed by atoms with Gasteiger partial charge in [0.15, 0.2) is 0 Å². The number of benzene rings is 2. The molecule has 3 rings (SSSR count). The van der Waals surface area contributed by atoms with Crippen LogP contribution in [0.2, 0.25) is 0 Å². The topological polar surface area (TPSA) is 50.4 Å². The number of aryl methyl sites for hydroxylation is 1. The van der Waals surface area contributed by atoms with E-state index in [0.717, 1.165) is 42.1 Å². The Morgan fingerprint density at radius 3 is 2.83 bits per heavy atom. The Morgan fingerprint density at radius 2 is 2.08 bits per heavy atom. The number of amides is 1. The lowest BCUT2D eigenvalue weighted by molar-refractivity contribution is -0.124. The van der Waals surface area contributed by atoms with E-state index >= 15 is 0 Å². The molecule has 1 atom stereocenters. The van der Waals surface area contributed by atoms with Crippen LogP contribution >= 0.6 is 12.4 Å². The third-order valence-corrected chi connectivity index (χ3v) is 4.07. The number of ether oxygens (including phenoxy) is 1. The number of halogens is 1. The van der Waals surface area contributed by atoms with Crippen molar-refractivity contribution in [1.82, 2.24) is 10.6 Å². The van der Waals surface area contributed by atoms with Crippen LogP contribution in [0.4, 0.5) is 0 Å². The van der Waals surface area contributed by atoms with Crippen molar-refractivity contribution in [2.75, 3.05) is 13.1 Å². The molecule has 1 aliphatic heterocycles. The Morgan fingerprint density at radius 1 is 1.25 bits per heavy atom. The average molecular weight is 347 g/mol. The van der Waals surface area contributed by atoms with Crippen molar-refractivity contribution in [3.8, 4) is 11.5 Å². The SMILES string of the molecule is Cc1cccc(Oc2ccccc2CNC(=O)C2CCNC2)c1.Cl. The molecule has 0 spiro atoms. The molecule has 2 aromatic carbocycles. The number of para-hydroxylation sites is 1. The molecule has 1 aliphatic rings. The molecule has 2 N–H and O–H groups in total. The summed E-state index contributed by atoms with van der Waals surface area (Å²) in [6, 6.07) is 15.8. The minimum absolute atomic E-state index is 0. The van der Waals surface area contributed by atoms with Crippen molar-refractivity contribution in [3.05, 3.63) is 59.7 Å². The van der Waals surface area contributed by atoms with Crippen LogP contribution in [0.15, 0.2) is 48.5 Å². The second-order valence-corrected chi connectivity index (χ2v) is 5.93. The highest BCUT2D eigenvalue weighted by Gasteiger charge is 2.22. The standard InChI is InChI=1S/C19H22N2O2.ClH/c1-14-5-4-7-17(11-14)23-18-8-3-2-6-15(18)13-21-19(22)16-9-10-20-12-16;/h2-8,11,16,20H,9-10,12-13H2,1H3,(H,21,22);1H. The quantitative estimate of drug-likeness (QED) is 0.872. The first kappa shape index (κ1) is 18.3. The van der Waals surface area contributed by atoms with Crippen LogP contribution in [0.25, 0.3) is 0 Å². The van der Waals surface area contributed by atoms with Gasteiger partial charge in [-0.2, -0.15) is 0 Å². The number of hydrogen-bond donors (Lipinski definition) is 2. The molecule has 128 valence electrons. The lowest BCUT2D eigenvalue weighted by atomic mass is 10.1. The van der Waals surface area contributed by atoms with Crippen molar-refractivity contribution >= 4 is 18.3 Å². The van der Waals surface area contributed by atoms with Crippen molar-refractivity contribution in [2.45, 2.75) is 19.9 Å². The normalized spacial score (nSPS) is 16.3. The molecular weight excluding hydrogens is 324 g/mol. The Kier molecular flexibility index (Phi) is 6.64. The lowest BCUT2D eigenvalue weighted by Crippen LogP contribution is -2.31. The van der Waals surface area contributed by atoms with Crippen LogP contribution in [0, 0.1) is 12.8 Å². The van der Waals surface area contributed by atoms with Crippen LogP contribution in [0.3, 0.4) is 0 Å². The van der Waals surface area contributed by atoms with Crippen LogP contribution < -0.4 is 15.4 Å². The first-order valence-electron chi connectivity index (χ1n) is 8.03. The summed E-state index contributed by atoms with van der Waals surface area (Å²) in [6.07, 6.45) is 0.910. The smallest absolute Gasteiger partial charge is 0.224 e. The molecule has 2 aromatic rings. The van der Waals surface area contributed by atoms with Gasteiger partial charge < -0.3 is 15.4 Å². The Labute approximate surface area is 149 Å². The zero-order valence-electron chi connectivity index (χ0n) is 13.7. The van der Waals surface area contributed by atoms with Gasteiger partial charge in [-0.25, -0.2) is 0 Å². The zero-order valence-corrected chi connectivity index (χ0v) is 14.6. The van der Waals surface area contributed by atoms with Crippen LogP contribution in [0.1, 0.15) is 17.5 Å². The third-order valence-electron chi connectivity index (χ3n) is 4.07. The first-order chi connectivity index (χ1) is 11.2. The lowest BCUT2D eigenvalue weighted by Gasteiger charge is -2.14. The van der Waals surface area contributed by atoms with Gasteiger partial charge in [0.25, 0.3) is 0 Å². The summed E-state index contributed by atoms with van der Waals surface area (Å²) >= 11 is 0. The fraction of sp³-hybridized carbons (Fsp3) is 0.316. The second kappa shape index (κ2) is 8.71. The largest absolute Gasteiger partial charge is 0.457 e. The van der Waals surface area contributed by atoms with Gasteiger partial charge in [0, 0.05) is 18.7 Å². The maximum Gasteiger partial charge on any atom is 0.224 e. The fourth-order valence-corrected chi connectivity index (χ4v) is 2.76. The number of carbonyl (C=O) groups is 1. The molecule has 0 aromatic heterocycles. The van der Waals surface area contributed by atoms with Gasteiger partial charge in [0.05, 0.1) is 5.92 Å². The van der Waals surface area contributed by atoms with Gasteiger partial charge in [0.2, 0.25) is 5.91 Å². The van der Waals surface area contributed by atoms with Gasteiger partial charge in [-0.05, 0) is 43.7 Å². The van der Waals surface area contributed by atoms with Gasteiger partial charge in [-0.15, -0.1) is 12.4 Å². The highest BCUT2D eigenvalue weighted by Crippen LogP contribution is 2.25. The van der Waals surface area contributed by atoms with Crippen molar-refractivity contribution < 1.29 is 9.53 Å². The summed E-state index contributed by atoms with van der Waals surface area (Å²) in [5.41, 5.74) is 2.13. The number of nitrogens with one attached hydrogen (secondary N) is 2. The minimum atomic E-state index is 0. The van der Waals surface area contributed by atoms with Crippen LogP contribution in [-0.2, 0) is 11.3 Å². The van der Waals surface area contributed by atoms with Gasteiger partial charge in [0.1, 0.15) is 11.5 Å². The molecule has 0 radical (unpaired) electrons. The van der Waals surface area contributed by atoms with Gasteiger partial charge in [-0.1, -0.05) is 30.3 Å². The molecule has 1 unspecified atom stereocenters. The van der Waals surface area contributed by atoms with Gasteiger partial charge >= 0.3 is 0 Å². The van der Waals surface area contributed by atoms with E-state index in [2.05, 4.69) is 10.6 Å². The van der Waals surface area contributed by atoms with E-state index in [0.29, 0.717) is 6.54 Å². The van der Waals surface area contributed by atoms with E-state index in [1.54, 1.807) is 0 Å². The summed E-state index contributed by atoms with van der Waals surface area (Å²) in [6.45, 7) is 4.21. The van der Waals surface area contributed by atoms with Crippen molar-refractivity contribution in [2.24, 2.45) is 5.92 Å². The molecule has 5 heteroatoms. The predicted octanol–water partition coefficient (Wildman–Crippen LogP) is 3.43. The highest BCUT2D eigenvalue weighted by molar-refractivity contribution is 5.85. The van der Waals surface area contributed by atoms with Crippen molar-refractivity contribution in [1.29, 1.82) is 0 Å². The zero-order chi connectivity index (χ0) is 16.1. The molecule has 4 nitrogen and oxygen atoms in total. The monoisotopic (exact) mass is 346 g/mol. The maximum atomic E-state index is 12.1. The first-order valence-corrected chi connectivity index (χ1v) is 8.03. The molecule has 0 saturated carbocycles. The van der Waals surface area contributed by atoms with E-state index in [1.165, 1.54) is 0 Å². The molecule has 1 fully saturated rings. The van der Waals surface area contributed by atoms with E-state index in [-0.39, 0.29) is 24.2 Å². The number of hydrogen-bond acceptors (Lipinski definition) is 3. The maximum absolute atomic E-state index is 12.1. The Hall–Kier alpha value is -2.04. The molecular formula is C19H23ClN2O2. The van der Waals surface area contributed by atoms with Crippen molar-refractivity contribution in [3.63, 3.8) is 0 Å². The minimum Gasteiger partial charge on any atom is -0.457 e. The summed E-state index contributed by atoms with van der Waals surface area (Å²) in [7, 11) is 0. The molecule has 1 heterocycles. The van der Waals surface area contributed by atoms with E-state index < -0.39 is 0 Å².